The summed E-state index contributed by atoms with van der Waals surface area (Å²) >= 11 is 7.51. The molecule has 0 radical (unpaired) electrons. The number of aromatic nitrogens is 3. The second-order valence-electron chi connectivity index (χ2n) is 5.87. The largest absolute Gasteiger partial charge is 0.481 e. The van der Waals surface area contributed by atoms with Gasteiger partial charge in [0, 0.05) is 20.1 Å². The lowest BCUT2D eigenvalue weighted by Crippen LogP contribution is -2.41. The van der Waals surface area contributed by atoms with Crippen molar-refractivity contribution in [1.29, 1.82) is 0 Å². The smallest absolute Gasteiger partial charge is 0.233 e. The highest BCUT2D eigenvalue weighted by molar-refractivity contribution is 7.99. The first-order valence-corrected chi connectivity index (χ1v) is 9.71. The number of ether oxygens (including phenoxy) is 2. The van der Waals surface area contributed by atoms with Gasteiger partial charge in [-0.1, -0.05) is 35.5 Å². The average molecular weight is 397 g/mol. The predicted molar refractivity (Wildman–Crippen MR) is 99.6 cm³/mol. The molecule has 7 nitrogen and oxygen atoms in total. The average Bonchev–Trinajstić information content (AvgIpc) is 3.03. The highest BCUT2D eigenvalue weighted by atomic mass is 35.5. The summed E-state index contributed by atoms with van der Waals surface area (Å²) in [5, 5.41) is 9.62. The van der Waals surface area contributed by atoms with Crippen molar-refractivity contribution >= 4 is 29.3 Å². The summed E-state index contributed by atoms with van der Waals surface area (Å²) in [6.45, 7) is 4.38. The minimum atomic E-state index is -0.323. The van der Waals surface area contributed by atoms with Gasteiger partial charge in [-0.3, -0.25) is 4.79 Å². The molecule has 0 aliphatic carbocycles. The Labute approximate surface area is 161 Å². The van der Waals surface area contributed by atoms with Crippen LogP contribution in [0.4, 0.5) is 0 Å². The number of carbonyl (C=O) groups is 1. The Kier molecular flexibility index (Phi) is 6.39. The molecule has 0 N–H and O–H groups in total. The molecule has 140 valence electrons. The van der Waals surface area contributed by atoms with Gasteiger partial charge in [-0.25, -0.2) is 0 Å². The summed E-state index contributed by atoms with van der Waals surface area (Å²) in [6.07, 6.45) is -0.323. The van der Waals surface area contributed by atoms with Crippen LogP contribution in [-0.4, -0.2) is 57.6 Å². The molecule has 0 saturated carbocycles. The van der Waals surface area contributed by atoms with Crippen molar-refractivity contribution < 1.29 is 14.3 Å². The van der Waals surface area contributed by atoms with E-state index in [9.17, 15) is 4.79 Å². The number of hydrogen-bond donors (Lipinski definition) is 0. The number of rotatable bonds is 6. The predicted octanol–water partition coefficient (Wildman–Crippen LogP) is 2.56. The summed E-state index contributed by atoms with van der Waals surface area (Å²) in [5.41, 5.74) is 0. The first kappa shape index (κ1) is 19.0. The lowest BCUT2D eigenvalue weighted by molar-refractivity contribution is -0.132. The first-order chi connectivity index (χ1) is 12.6. The molecule has 0 spiro atoms. The van der Waals surface area contributed by atoms with Crippen molar-refractivity contribution in [2.45, 2.75) is 18.2 Å². The van der Waals surface area contributed by atoms with Crippen molar-refractivity contribution in [2.24, 2.45) is 7.05 Å². The number of morpholine rings is 1. The molecule has 1 saturated heterocycles. The minimum absolute atomic E-state index is 0.0863. The lowest BCUT2D eigenvalue weighted by atomic mass is 10.3. The Morgan fingerprint density at radius 3 is 2.81 bits per heavy atom. The molecular formula is C17H21ClN4O3S. The first-order valence-electron chi connectivity index (χ1n) is 8.35. The van der Waals surface area contributed by atoms with E-state index >= 15 is 0 Å². The molecule has 0 bridgehead atoms. The van der Waals surface area contributed by atoms with Crippen LogP contribution in [0.2, 0.25) is 5.02 Å². The second kappa shape index (κ2) is 8.75. The van der Waals surface area contributed by atoms with Crippen LogP contribution in [-0.2, 0) is 16.6 Å². The lowest BCUT2D eigenvalue weighted by Gasteiger charge is -2.26. The van der Waals surface area contributed by atoms with Crippen LogP contribution in [0, 0.1) is 0 Å². The third-order valence-corrected chi connectivity index (χ3v) is 5.38. The number of nitrogens with zero attached hydrogens (tertiary/aromatic N) is 4. The second-order valence-corrected chi connectivity index (χ2v) is 7.22. The standard InChI is InChI=1S/C17H21ClN4O3S/c1-12(25-14-6-4-3-5-13(14)18)16-19-20-17(21(16)2)26-11-15(23)22-7-9-24-10-8-22/h3-6,12H,7-11H2,1-2H3. The maximum Gasteiger partial charge on any atom is 0.233 e. The van der Waals surface area contributed by atoms with Crippen LogP contribution in [0.3, 0.4) is 0 Å². The van der Waals surface area contributed by atoms with E-state index in [0.717, 1.165) is 0 Å². The van der Waals surface area contributed by atoms with Gasteiger partial charge in [-0.15, -0.1) is 10.2 Å². The van der Waals surface area contributed by atoms with Crippen molar-refractivity contribution in [2.75, 3.05) is 32.1 Å². The summed E-state index contributed by atoms with van der Waals surface area (Å²) < 4.78 is 13.0. The van der Waals surface area contributed by atoms with E-state index < -0.39 is 0 Å². The molecule has 2 aromatic rings. The Balaban J connectivity index is 1.60. The van der Waals surface area contributed by atoms with E-state index in [1.54, 1.807) is 6.07 Å². The fraction of sp³-hybridized carbons (Fsp3) is 0.471. The maximum absolute atomic E-state index is 12.3. The van der Waals surface area contributed by atoms with E-state index in [2.05, 4.69) is 10.2 Å². The summed E-state index contributed by atoms with van der Waals surface area (Å²) in [6, 6.07) is 7.30. The Morgan fingerprint density at radius 1 is 1.35 bits per heavy atom. The van der Waals surface area contributed by atoms with Crippen molar-refractivity contribution in [3.8, 4) is 5.75 Å². The molecule has 1 aliphatic rings. The van der Waals surface area contributed by atoms with Crippen LogP contribution in [0.1, 0.15) is 18.9 Å². The van der Waals surface area contributed by atoms with Gasteiger partial charge < -0.3 is 18.9 Å². The van der Waals surface area contributed by atoms with Gasteiger partial charge >= 0.3 is 0 Å². The minimum Gasteiger partial charge on any atom is -0.481 e. The van der Waals surface area contributed by atoms with E-state index in [0.29, 0.717) is 53.8 Å². The molecule has 1 atom stereocenters. The zero-order valence-electron chi connectivity index (χ0n) is 14.7. The number of amides is 1. The maximum atomic E-state index is 12.3. The van der Waals surface area contributed by atoms with Crippen LogP contribution >= 0.6 is 23.4 Å². The zero-order chi connectivity index (χ0) is 18.5. The Bertz CT molecular complexity index is 764. The highest BCUT2D eigenvalue weighted by Crippen LogP contribution is 2.29. The number of benzene rings is 1. The van der Waals surface area contributed by atoms with E-state index in [4.69, 9.17) is 21.1 Å². The van der Waals surface area contributed by atoms with Gasteiger partial charge in [0.2, 0.25) is 5.91 Å². The van der Waals surface area contributed by atoms with E-state index in [1.807, 2.05) is 41.6 Å². The molecular weight excluding hydrogens is 376 g/mol. The molecule has 9 heteroatoms. The highest BCUT2D eigenvalue weighted by Gasteiger charge is 2.21. The number of halogens is 1. The number of thioether (sulfide) groups is 1. The molecule has 1 aromatic heterocycles. The topological polar surface area (TPSA) is 69.5 Å². The molecule has 1 aromatic carbocycles. The van der Waals surface area contributed by atoms with Crippen molar-refractivity contribution in [3.63, 3.8) is 0 Å². The van der Waals surface area contributed by atoms with Gasteiger partial charge in [0.05, 0.1) is 24.0 Å². The molecule has 1 unspecified atom stereocenters. The van der Waals surface area contributed by atoms with Crippen LogP contribution in [0.15, 0.2) is 29.4 Å². The normalized spacial score (nSPS) is 15.7. The molecule has 1 fully saturated rings. The van der Waals surface area contributed by atoms with Gasteiger partial charge in [-0.2, -0.15) is 0 Å². The van der Waals surface area contributed by atoms with Crippen LogP contribution in [0.5, 0.6) is 5.75 Å². The Hall–Kier alpha value is -1.77. The number of hydrogen-bond acceptors (Lipinski definition) is 6. The zero-order valence-corrected chi connectivity index (χ0v) is 16.3. The number of para-hydroxylation sites is 1. The molecule has 26 heavy (non-hydrogen) atoms. The Morgan fingerprint density at radius 2 is 2.08 bits per heavy atom. The third kappa shape index (κ3) is 4.49. The fourth-order valence-electron chi connectivity index (χ4n) is 2.62. The molecule has 2 heterocycles. The fourth-order valence-corrected chi connectivity index (χ4v) is 3.62. The third-order valence-electron chi connectivity index (χ3n) is 4.06. The van der Waals surface area contributed by atoms with Crippen LogP contribution in [0.25, 0.3) is 0 Å². The van der Waals surface area contributed by atoms with Crippen molar-refractivity contribution in [1.82, 2.24) is 19.7 Å². The number of carbonyl (C=O) groups excluding carboxylic acids is 1. The van der Waals surface area contributed by atoms with Gasteiger partial charge in [0.25, 0.3) is 0 Å². The quantitative estimate of drug-likeness (QED) is 0.699. The van der Waals surface area contributed by atoms with E-state index in [-0.39, 0.29) is 12.0 Å². The van der Waals surface area contributed by atoms with Gasteiger partial charge in [0.15, 0.2) is 17.1 Å². The summed E-state index contributed by atoms with van der Waals surface area (Å²) in [4.78, 5) is 14.1. The van der Waals surface area contributed by atoms with Crippen LogP contribution < -0.4 is 4.74 Å². The summed E-state index contributed by atoms with van der Waals surface area (Å²) in [7, 11) is 1.86. The molecule has 1 aliphatic heterocycles. The monoisotopic (exact) mass is 396 g/mol. The van der Waals surface area contributed by atoms with E-state index in [1.165, 1.54) is 11.8 Å². The van der Waals surface area contributed by atoms with Crippen molar-refractivity contribution in [3.05, 3.63) is 35.1 Å². The molecule has 3 rings (SSSR count). The van der Waals surface area contributed by atoms with Gasteiger partial charge in [0.1, 0.15) is 5.75 Å². The summed E-state index contributed by atoms with van der Waals surface area (Å²) in [5.74, 6) is 1.68. The molecule has 1 amide bonds. The van der Waals surface area contributed by atoms with Gasteiger partial charge in [-0.05, 0) is 19.1 Å². The SMILES string of the molecule is CC(Oc1ccccc1Cl)c1nnc(SCC(=O)N2CCOCC2)n1C.